The number of nitrogens with two attached hydrogens (primary N) is 2. The number of anilines is 3. The van der Waals surface area contributed by atoms with Crippen LogP contribution >= 0.6 is 0 Å². The van der Waals surface area contributed by atoms with Gasteiger partial charge in [-0.05, 0) is 122 Å². The first-order valence-corrected chi connectivity index (χ1v) is 20.0. The van der Waals surface area contributed by atoms with E-state index in [1.165, 1.54) is 44.8 Å². The number of benzene rings is 8. The molecule has 8 aromatic carbocycles. The fourth-order valence-corrected chi connectivity index (χ4v) is 9.31. The Balaban J connectivity index is 1.10. The number of rotatable bonds is 7. The lowest BCUT2D eigenvalue weighted by molar-refractivity contribution is 0.752. The molecule has 10 rings (SSSR count). The van der Waals surface area contributed by atoms with Gasteiger partial charge in [0.1, 0.15) is 0 Å². The molecule has 1 aliphatic carbocycles. The predicted molar refractivity (Wildman–Crippen MR) is 243 cm³/mol. The van der Waals surface area contributed by atoms with Crippen LogP contribution in [0.25, 0.3) is 39.2 Å². The van der Waals surface area contributed by atoms with Crippen LogP contribution in [0.2, 0.25) is 0 Å². The molecular weight excluding hydrogens is 717 g/mol. The Hall–Kier alpha value is -7.87. The number of nitriles is 1. The normalized spacial score (nSPS) is 13.7. The zero-order valence-electron chi connectivity index (χ0n) is 32.4. The Morgan fingerprint density at radius 2 is 1.08 bits per heavy atom. The largest absolute Gasteiger partial charge is 0.398 e. The number of para-hydroxylation sites is 3. The van der Waals surface area contributed by atoms with Gasteiger partial charge in [0.15, 0.2) is 0 Å². The Kier molecular flexibility index (Phi) is 8.78. The summed E-state index contributed by atoms with van der Waals surface area (Å²) in [7, 11) is 0. The fourth-order valence-electron chi connectivity index (χ4n) is 9.31. The molecule has 1 aliphatic heterocycles. The molecule has 4 N–H and O–H groups in total. The van der Waals surface area contributed by atoms with Crippen molar-refractivity contribution in [1.29, 1.82) is 5.26 Å². The van der Waals surface area contributed by atoms with Crippen LogP contribution < -0.4 is 16.4 Å². The molecular formula is C55H40N4. The van der Waals surface area contributed by atoms with Gasteiger partial charge in [-0.25, -0.2) is 0 Å². The van der Waals surface area contributed by atoms with Gasteiger partial charge in [-0.1, -0.05) is 158 Å². The SMILES string of the molecule is N#Cc1cccc(-c2cccc(/C(N)=C\C/C(=C(\N)c3ccc4c(c3)-c3ccccc3C43c4ccccc4N(c4ccccc4)c4ccccc43)c3ccccc3)c2)c1. The molecule has 1 heterocycles. The highest BCUT2D eigenvalue weighted by Crippen LogP contribution is 2.63. The summed E-state index contributed by atoms with van der Waals surface area (Å²) >= 11 is 0. The third kappa shape index (κ3) is 5.83. The summed E-state index contributed by atoms with van der Waals surface area (Å²) in [6, 6.07) is 72.4. The zero-order chi connectivity index (χ0) is 39.9. The van der Waals surface area contributed by atoms with Crippen molar-refractivity contribution < 1.29 is 0 Å². The van der Waals surface area contributed by atoms with E-state index in [0.717, 1.165) is 39.1 Å². The van der Waals surface area contributed by atoms with Gasteiger partial charge in [-0.3, -0.25) is 0 Å². The van der Waals surface area contributed by atoms with Crippen LogP contribution in [-0.2, 0) is 5.41 Å². The average Bonchev–Trinajstić information content (AvgIpc) is 3.60. The lowest BCUT2D eigenvalue weighted by Gasteiger charge is -2.45. The lowest BCUT2D eigenvalue weighted by atomic mass is 9.64. The monoisotopic (exact) mass is 756 g/mol. The van der Waals surface area contributed by atoms with Crippen molar-refractivity contribution in [2.24, 2.45) is 11.5 Å². The molecule has 0 saturated heterocycles. The van der Waals surface area contributed by atoms with Crippen molar-refractivity contribution in [3.63, 3.8) is 0 Å². The number of fused-ring (bicyclic) bond motifs is 9. The summed E-state index contributed by atoms with van der Waals surface area (Å²) in [6.07, 6.45) is 2.59. The van der Waals surface area contributed by atoms with Gasteiger partial charge in [0.05, 0.1) is 28.4 Å². The van der Waals surface area contributed by atoms with Crippen LogP contribution in [0.1, 0.15) is 50.9 Å². The number of nitrogens with zero attached hydrogens (tertiary/aromatic N) is 2. The smallest absolute Gasteiger partial charge is 0.0991 e. The van der Waals surface area contributed by atoms with E-state index in [9.17, 15) is 5.26 Å². The quantitative estimate of drug-likeness (QED) is 0.159. The summed E-state index contributed by atoms with van der Waals surface area (Å²) in [5, 5.41) is 9.46. The summed E-state index contributed by atoms with van der Waals surface area (Å²) in [5.41, 5.74) is 32.4. The molecule has 0 unspecified atom stereocenters. The predicted octanol–water partition coefficient (Wildman–Crippen LogP) is 12.6. The molecule has 0 amide bonds. The highest BCUT2D eigenvalue weighted by atomic mass is 15.2. The second kappa shape index (κ2) is 14.6. The van der Waals surface area contributed by atoms with E-state index in [4.69, 9.17) is 11.5 Å². The van der Waals surface area contributed by atoms with Crippen LogP contribution in [0, 0.1) is 11.3 Å². The van der Waals surface area contributed by atoms with Gasteiger partial charge < -0.3 is 16.4 Å². The molecule has 0 fully saturated rings. The van der Waals surface area contributed by atoms with Gasteiger partial charge in [-0.2, -0.15) is 5.26 Å². The first-order chi connectivity index (χ1) is 29.1. The van der Waals surface area contributed by atoms with E-state index in [-0.39, 0.29) is 0 Å². The Labute approximate surface area is 345 Å². The average molecular weight is 757 g/mol. The Morgan fingerprint density at radius 3 is 1.80 bits per heavy atom. The van der Waals surface area contributed by atoms with Crippen LogP contribution in [0.3, 0.4) is 0 Å². The summed E-state index contributed by atoms with van der Waals surface area (Å²) in [6.45, 7) is 0. The molecule has 0 aromatic heterocycles. The molecule has 59 heavy (non-hydrogen) atoms. The van der Waals surface area contributed by atoms with Crippen molar-refractivity contribution in [2.75, 3.05) is 4.90 Å². The molecule has 0 atom stereocenters. The van der Waals surface area contributed by atoms with Crippen molar-refractivity contribution >= 4 is 34.0 Å². The lowest BCUT2D eigenvalue weighted by Crippen LogP contribution is -2.36. The maximum atomic E-state index is 9.46. The minimum atomic E-state index is -0.536. The van der Waals surface area contributed by atoms with Crippen molar-refractivity contribution in [3.8, 4) is 28.3 Å². The standard InChI is InChI=1S/C55H40N4/c56-36-37-15-13-18-39(33-37)40-19-14-20-41(34-40)51(57)32-30-44(38-16-3-1-4-17-38)54(58)42-29-31-48-46(35-42)45-23-7-8-24-47(45)55(48)49-25-9-11-27-52(49)59(43-21-5-2-6-22-43)53-28-12-10-26-50(53)55/h1-29,31-35H,30,57-58H2/b51-32+,54-44+. The van der Waals surface area contributed by atoms with Gasteiger partial charge in [-0.15, -0.1) is 0 Å². The second-order valence-electron chi connectivity index (χ2n) is 15.2. The maximum absolute atomic E-state index is 9.46. The minimum absolute atomic E-state index is 0.531. The number of allylic oxidation sites excluding steroid dienone is 2. The first-order valence-electron chi connectivity index (χ1n) is 20.0. The van der Waals surface area contributed by atoms with Gasteiger partial charge >= 0.3 is 0 Å². The van der Waals surface area contributed by atoms with Crippen LogP contribution in [-0.4, -0.2) is 0 Å². The molecule has 4 heteroatoms. The summed E-state index contributed by atoms with van der Waals surface area (Å²) < 4.78 is 0. The van der Waals surface area contributed by atoms with E-state index in [1.807, 2.05) is 60.7 Å². The first kappa shape index (κ1) is 35.5. The molecule has 1 spiro atoms. The Bertz CT molecular complexity index is 2960. The molecule has 0 saturated carbocycles. The maximum Gasteiger partial charge on any atom is 0.0991 e. The van der Waals surface area contributed by atoms with Crippen molar-refractivity contribution in [3.05, 3.63) is 251 Å². The Morgan fingerprint density at radius 1 is 0.508 bits per heavy atom. The minimum Gasteiger partial charge on any atom is -0.398 e. The van der Waals surface area contributed by atoms with Crippen LogP contribution in [0.15, 0.2) is 206 Å². The third-order valence-electron chi connectivity index (χ3n) is 12.0. The second-order valence-corrected chi connectivity index (χ2v) is 15.2. The van der Waals surface area contributed by atoms with E-state index in [1.54, 1.807) is 0 Å². The molecule has 8 aromatic rings. The molecule has 0 radical (unpaired) electrons. The third-order valence-corrected chi connectivity index (χ3v) is 12.0. The van der Waals surface area contributed by atoms with E-state index < -0.39 is 5.41 Å². The number of hydrogen-bond donors (Lipinski definition) is 2. The van der Waals surface area contributed by atoms with Crippen LogP contribution in [0.4, 0.5) is 17.1 Å². The fraction of sp³-hybridized carbons (Fsp3) is 0.0364. The molecule has 4 nitrogen and oxygen atoms in total. The highest BCUT2D eigenvalue weighted by molar-refractivity contribution is 5.98. The van der Waals surface area contributed by atoms with E-state index in [0.29, 0.717) is 23.4 Å². The summed E-state index contributed by atoms with van der Waals surface area (Å²) in [5.74, 6) is 0. The highest BCUT2D eigenvalue weighted by Gasteiger charge is 2.51. The van der Waals surface area contributed by atoms with Gasteiger partial charge in [0.25, 0.3) is 0 Å². The van der Waals surface area contributed by atoms with Crippen molar-refractivity contribution in [2.45, 2.75) is 11.8 Å². The number of hydrogen-bond acceptors (Lipinski definition) is 4. The summed E-state index contributed by atoms with van der Waals surface area (Å²) in [4.78, 5) is 2.40. The topological polar surface area (TPSA) is 79.1 Å². The molecule has 2 aliphatic rings. The molecule has 0 bridgehead atoms. The van der Waals surface area contributed by atoms with E-state index in [2.05, 4.69) is 157 Å². The van der Waals surface area contributed by atoms with E-state index >= 15 is 0 Å². The van der Waals surface area contributed by atoms with Gasteiger partial charge in [0.2, 0.25) is 0 Å². The van der Waals surface area contributed by atoms with Crippen LogP contribution in [0.5, 0.6) is 0 Å². The van der Waals surface area contributed by atoms with Crippen molar-refractivity contribution in [1.82, 2.24) is 0 Å². The molecule has 280 valence electrons. The zero-order valence-corrected chi connectivity index (χ0v) is 32.4. The van der Waals surface area contributed by atoms with Gasteiger partial charge in [0, 0.05) is 17.1 Å².